The van der Waals surface area contributed by atoms with E-state index in [2.05, 4.69) is 21.2 Å². The van der Waals surface area contributed by atoms with Gasteiger partial charge in [0.25, 0.3) is 0 Å². The maximum atomic E-state index is 12.9. The van der Waals surface area contributed by atoms with Crippen LogP contribution in [0.25, 0.3) is 0 Å². The number of nitrogens with one attached hydrogen (secondary N) is 1. The van der Waals surface area contributed by atoms with Gasteiger partial charge in [0.05, 0.1) is 23.1 Å². The van der Waals surface area contributed by atoms with Gasteiger partial charge in [0.2, 0.25) is 15.9 Å². The minimum absolute atomic E-state index is 0.168. The van der Waals surface area contributed by atoms with Gasteiger partial charge < -0.3 is 10.1 Å². The van der Waals surface area contributed by atoms with Gasteiger partial charge in [-0.3, -0.25) is 4.79 Å². The summed E-state index contributed by atoms with van der Waals surface area (Å²) in [6, 6.07) is 13.8. The number of para-hydroxylation sites is 2. The Labute approximate surface area is 174 Å². The van der Waals surface area contributed by atoms with Crippen molar-refractivity contribution < 1.29 is 17.9 Å². The normalized spacial score (nSPS) is 17.9. The number of ether oxygens (including phenoxy) is 1. The predicted octanol–water partition coefficient (Wildman–Crippen LogP) is 3.89. The maximum absolute atomic E-state index is 12.9. The number of rotatable bonds is 6. The second-order valence-electron chi connectivity index (χ2n) is 6.57. The number of halogens is 1. The lowest BCUT2D eigenvalue weighted by Crippen LogP contribution is -2.43. The van der Waals surface area contributed by atoms with Crippen molar-refractivity contribution in [3.63, 3.8) is 0 Å². The fraction of sp³-hybridized carbons (Fsp3) is 0.350. The van der Waals surface area contributed by atoms with Crippen LogP contribution in [0.3, 0.4) is 0 Å². The summed E-state index contributed by atoms with van der Waals surface area (Å²) in [4.78, 5) is 13.0. The van der Waals surface area contributed by atoms with Crippen LogP contribution in [0.5, 0.6) is 5.75 Å². The van der Waals surface area contributed by atoms with E-state index in [1.165, 1.54) is 4.31 Å². The highest BCUT2D eigenvalue weighted by molar-refractivity contribution is 9.10. The van der Waals surface area contributed by atoms with Gasteiger partial charge in [-0.25, -0.2) is 8.42 Å². The summed E-state index contributed by atoms with van der Waals surface area (Å²) in [6.07, 6.45) is 1.29. The van der Waals surface area contributed by atoms with Crippen molar-refractivity contribution >= 4 is 37.5 Å². The molecule has 0 aromatic heterocycles. The van der Waals surface area contributed by atoms with Crippen LogP contribution in [0.4, 0.5) is 5.69 Å². The largest absolute Gasteiger partial charge is 0.492 e. The average Bonchev–Trinajstić information content (AvgIpc) is 2.70. The monoisotopic (exact) mass is 466 g/mol. The quantitative estimate of drug-likeness (QED) is 0.700. The van der Waals surface area contributed by atoms with Gasteiger partial charge in [-0.05, 0) is 56.2 Å². The third-order valence-corrected chi connectivity index (χ3v) is 7.06. The van der Waals surface area contributed by atoms with Crippen LogP contribution in [0.15, 0.2) is 57.9 Å². The summed E-state index contributed by atoms with van der Waals surface area (Å²) in [7, 11) is -3.63. The van der Waals surface area contributed by atoms with Crippen LogP contribution in [-0.4, -0.2) is 38.3 Å². The molecule has 0 bridgehead atoms. The van der Waals surface area contributed by atoms with E-state index in [-0.39, 0.29) is 17.3 Å². The van der Waals surface area contributed by atoms with Crippen molar-refractivity contribution in [2.45, 2.75) is 24.7 Å². The van der Waals surface area contributed by atoms with Crippen molar-refractivity contribution in [1.82, 2.24) is 4.31 Å². The molecule has 1 heterocycles. The number of carbonyl (C=O) groups is 1. The Kier molecular flexibility index (Phi) is 6.74. The maximum Gasteiger partial charge on any atom is 0.243 e. The van der Waals surface area contributed by atoms with Crippen LogP contribution in [0.2, 0.25) is 0 Å². The molecule has 28 heavy (non-hydrogen) atoms. The smallest absolute Gasteiger partial charge is 0.243 e. The summed E-state index contributed by atoms with van der Waals surface area (Å²) >= 11 is 3.31. The zero-order chi connectivity index (χ0) is 20.1. The third kappa shape index (κ3) is 4.74. The molecule has 0 unspecified atom stereocenters. The Morgan fingerprint density at radius 2 is 1.93 bits per heavy atom. The van der Waals surface area contributed by atoms with Gasteiger partial charge in [0, 0.05) is 17.6 Å². The van der Waals surface area contributed by atoms with Gasteiger partial charge in [0.15, 0.2) is 0 Å². The van der Waals surface area contributed by atoms with Gasteiger partial charge in [-0.15, -0.1) is 0 Å². The fourth-order valence-electron chi connectivity index (χ4n) is 3.22. The van der Waals surface area contributed by atoms with Gasteiger partial charge in [0.1, 0.15) is 5.75 Å². The standard InChI is InChI=1S/C20H23BrN2O4S/c1-2-27-19-8-4-3-7-18(19)22-20(24)15-6-5-13-23(14-15)28(25,26)17-11-9-16(21)10-12-17/h3-4,7-12,15H,2,5-6,13-14H2,1H3,(H,22,24)/t15-/m1/s1. The first-order chi connectivity index (χ1) is 13.4. The first-order valence-corrected chi connectivity index (χ1v) is 11.4. The molecule has 0 aliphatic carbocycles. The molecule has 150 valence electrons. The van der Waals surface area contributed by atoms with Crippen LogP contribution in [-0.2, 0) is 14.8 Å². The zero-order valence-corrected chi connectivity index (χ0v) is 18.0. The van der Waals surface area contributed by atoms with Gasteiger partial charge >= 0.3 is 0 Å². The lowest BCUT2D eigenvalue weighted by molar-refractivity contribution is -0.120. The van der Waals surface area contributed by atoms with E-state index < -0.39 is 15.9 Å². The number of anilines is 1. The molecule has 2 aromatic carbocycles. The highest BCUT2D eigenvalue weighted by Crippen LogP contribution is 2.28. The number of hydrogen-bond donors (Lipinski definition) is 1. The number of carbonyl (C=O) groups excluding carboxylic acids is 1. The molecule has 1 fully saturated rings. The molecule has 1 amide bonds. The van der Waals surface area contributed by atoms with Crippen molar-refractivity contribution in [3.8, 4) is 5.75 Å². The number of amides is 1. The summed E-state index contributed by atoms with van der Waals surface area (Å²) in [5, 5.41) is 2.89. The van der Waals surface area contributed by atoms with E-state index in [0.29, 0.717) is 37.4 Å². The zero-order valence-electron chi connectivity index (χ0n) is 15.6. The van der Waals surface area contributed by atoms with E-state index in [9.17, 15) is 13.2 Å². The molecule has 8 heteroatoms. The Morgan fingerprint density at radius 3 is 2.64 bits per heavy atom. The molecular formula is C20H23BrN2O4S. The number of hydrogen-bond acceptors (Lipinski definition) is 4. The molecular weight excluding hydrogens is 444 g/mol. The van der Waals surface area contributed by atoms with Gasteiger partial charge in [-0.1, -0.05) is 28.1 Å². The SMILES string of the molecule is CCOc1ccccc1NC(=O)[C@@H]1CCCN(S(=O)(=O)c2ccc(Br)cc2)C1. The Morgan fingerprint density at radius 1 is 1.21 bits per heavy atom. The molecule has 0 saturated carbocycles. The van der Waals surface area contributed by atoms with E-state index in [0.717, 1.165) is 4.47 Å². The highest BCUT2D eigenvalue weighted by atomic mass is 79.9. The molecule has 1 atom stereocenters. The second-order valence-corrected chi connectivity index (χ2v) is 9.43. The topological polar surface area (TPSA) is 75.7 Å². The first kappa shape index (κ1) is 20.8. The Hall–Kier alpha value is -1.90. The summed E-state index contributed by atoms with van der Waals surface area (Å²) < 4.78 is 33.6. The van der Waals surface area contributed by atoms with E-state index in [4.69, 9.17) is 4.74 Å². The lowest BCUT2D eigenvalue weighted by Gasteiger charge is -2.31. The molecule has 6 nitrogen and oxygen atoms in total. The molecule has 0 spiro atoms. The summed E-state index contributed by atoms with van der Waals surface area (Å²) in [6.45, 7) is 2.96. The molecule has 1 saturated heterocycles. The number of sulfonamides is 1. The molecule has 1 aliphatic heterocycles. The van der Waals surface area contributed by atoms with E-state index in [1.807, 2.05) is 19.1 Å². The van der Waals surface area contributed by atoms with Crippen LogP contribution in [0, 0.1) is 5.92 Å². The predicted molar refractivity (Wildman–Crippen MR) is 112 cm³/mol. The third-order valence-electron chi connectivity index (χ3n) is 4.65. The lowest BCUT2D eigenvalue weighted by atomic mass is 9.98. The molecule has 2 aromatic rings. The number of nitrogens with zero attached hydrogens (tertiary/aromatic N) is 1. The Balaban J connectivity index is 1.72. The fourth-order valence-corrected chi connectivity index (χ4v) is 5.00. The summed E-state index contributed by atoms with van der Waals surface area (Å²) in [5.41, 5.74) is 0.599. The highest BCUT2D eigenvalue weighted by Gasteiger charge is 2.33. The minimum Gasteiger partial charge on any atom is -0.492 e. The number of piperidine rings is 1. The van der Waals surface area contributed by atoms with Crippen molar-refractivity contribution in [3.05, 3.63) is 53.0 Å². The first-order valence-electron chi connectivity index (χ1n) is 9.20. The molecule has 0 radical (unpaired) electrons. The van der Waals surface area contributed by atoms with E-state index in [1.54, 1.807) is 36.4 Å². The molecule has 1 N–H and O–H groups in total. The van der Waals surface area contributed by atoms with E-state index >= 15 is 0 Å². The van der Waals surface area contributed by atoms with Crippen LogP contribution in [0.1, 0.15) is 19.8 Å². The van der Waals surface area contributed by atoms with Crippen molar-refractivity contribution in [1.29, 1.82) is 0 Å². The van der Waals surface area contributed by atoms with Crippen molar-refractivity contribution in [2.24, 2.45) is 5.92 Å². The second kappa shape index (κ2) is 9.07. The number of benzene rings is 2. The van der Waals surface area contributed by atoms with Crippen molar-refractivity contribution in [2.75, 3.05) is 25.0 Å². The minimum atomic E-state index is -3.63. The molecule has 3 rings (SSSR count). The average molecular weight is 467 g/mol. The van der Waals surface area contributed by atoms with Crippen LogP contribution < -0.4 is 10.1 Å². The van der Waals surface area contributed by atoms with Gasteiger partial charge in [-0.2, -0.15) is 4.31 Å². The Bertz CT molecular complexity index is 931. The van der Waals surface area contributed by atoms with Crippen LogP contribution >= 0.6 is 15.9 Å². The summed E-state index contributed by atoms with van der Waals surface area (Å²) in [5.74, 6) is 0.00464. The molecule has 1 aliphatic rings.